The van der Waals surface area contributed by atoms with Gasteiger partial charge in [0, 0.05) is 24.5 Å². The fourth-order valence-corrected chi connectivity index (χ4v) is 3.69. The molecule has 1 aliphatic carbocycles. The lowest BCUT2D eigenvalue weighted by atomic mass is 9.67. The summed E-state index contributed by atoms with van der Waals surface area (Å²) in [5.74, 6) is 0.711. The third kappa shape index (κ3) is 5.07. The summed E-state index contributed by atoms with van der Waals surface area (Å²) in [6.45, 7) is 16.1. The van der Waals surface area contributed by atoms with Crippen molar-refractivity contribution >= 4 is 5.71 Å². The van der Waals surface area contributed by atoms with Crippen LogP contribution in [0.4, 0.5) is 4.39 Å². The summed E-state index contributed by atoms with van der Waals surface area (Å²) in [7, 11) is 1.83. The minimum atomic E-state index is -1.05. The molecule has 3 heteroatoms. The molecule has 0 bridgehead atoms. The van der Waals surface area contributed by atoms with E-state index in [-0.39, 0.29) is 5.54 Å². The number of hydrogen-bond acceptors (Lipinski definition) is 2. The number of aliphatic imine (C=N–C) groups is 1. The lowest BCUT2D eigenvalue weighted by molar-refractivity contribution is 0.0566. The van der Waals surface area contributed by atoms with Gasteiger partial charge in [0.1, 0.15) is 5.67 Å². The highest BCUT2D eigenvalue weighted by Crippen LogP contribution is 2.42. The van der Waals surface area contributed by atoms with E-state index in [2.05, 4.69) is 50.0 Å². The monoisotopic (exact) mass is 320 g/mol. The second-order valence-electron chi connectivity index (χ2n) is 7.53. The second kappa shape index (κ2) is 7.97. The standard InChI is InChI=1S/C20H33FN2/c1-8-13-23-20(11-9-19(6,21)10-12-20)17(5)14-16(4)18(22-7)15(2)3/h13,15,17,23H,1,4,9-12,14H2,2-3,5-7H3. The molecule has 0 amide bonds. The maximum atomic E-state index is 14.2. The van der Waals surface area contributed by atoms with Gasteiger partial charge < -0.3 is 5.32 Å². The summed E-state index contributed by atoms with van der Waals surface area (Å²) < 4.78 is 14.2. The van der Waals surface area contributed by atoms with E-state index in [9.17, 15) is 4.39 Å². The van der Waals surface area contributed by atoms with Crippen molar-refractivity contribution in [3.8, 4) is 0 Å². The van der Waals surface area contributed by atoms with Gasteiger partial charge in [-0.3, -0.25) is 4.99 Å². The minimum absolute atomic E-state index is 0.116. The normalized spacial score (nSPS) is 29.8. The molecule has 0 aromatic heterocycles. The Kier molecular flexibility index (Phi) is 6.83. The molecule has 0 heterocycles. The highest BCUT2D eigenvalue weighted by molar-refractivity contribution is 6.00. The minimum Gasteiger partial charge on any atom is -0.379 e. The maximum Gasteiger partial charge on any atom is 0.108 e. The van der Waals surface area contributed by atoms with E-state index in [1.807, 2.05) is 7.05 Å². The van der Waals surface area contributed by atoms with Crippen LogP contribution in [-0.2, 0) is 0 Å². The number of hydrogen-bond donors (Lipinski definition) is 1. The average molecular weight is 320 g/mol. The molecule has 1 N–H and O–H groups in total. The summed E-state index contributed by atoms with van der Waals surface area (Å²) in [5, 5.41) is 3.47. The predicted molar refractivity (Wildman–Crippen MR) is 98.7 cm³/mol. The Balaban J connectivity index is 2.91. The van der Waals surface area contributed by atoms with Crippen LogP contribution in [-0.4, -0.2) is 24.0 Å². The fraction of sp³-hybridized carbons (Fsp3) is 0.700. The molecule has 1 unspecified atom stereocenters. The Morgan fingerprint density at radius 2 is 1.87 bits per heavy atom. The third-order valence-corrected chi connectivity index (χ3v) is 5.29. The van der Waals surface area contributed by atoms with Gasteiger partial charge in [0.25, 0.3) is 0 Å². The molecule has 0 saturated heterocycles. The van der Waals surface area contributed by atoms with Gasteiger partial charge in [-0.1, -0.05) is 33.9 Å². The van der Waals surface area contributed by atoms with E-state index in [1.54, 1.807) is 13.1 Å². The zero-order valence-corrected chi connectivity index (χ0v) is 15.5. The Bertz CT molecular complexity index is 486. The van der Waals surface area contributed by atoms with E-state index in [0.29, 0.717) is 24.7 Å². The van der Waals surface area contributed by atoms with Gasteiger partial charge in [-0.05, 0) is 56.4 Å². The van der Waals surface area contributed by atoms with Crippen molar-refractivity contribution in [1.29, 1.82) is 0 Å². The Hall–Kier alpha value is -1.34. The quantitative estimate of drug-likeness (QED) is 0.504. The molecule has 1 saturated carbocycles. The molecule has 1 atom stereocenters. The predicted octanol–water partition coefficient (Wildman–Crippen LogP) is 5.22. The Morgan fingerprint density at radius 3 is 2.30 bits per heavy atom. The molecule has 0 spiro atoms. The lowest BCUT2D eigenvalue weighted by Gasteiger charge is -2.46. The van der Waals surface area contributed by atoms with Crippen molar-refractivity contribution in [1.82, 2.24) is 5.32 Å². The van der Waals surface area contributed by atoms with E-state index in [4.69, 9.17) is 0 Å². The molecule has 0 radical (unpaired) electrons. The Labute approximate surface area is 141 Å². The first-order chi connectivity index (χ1) is 10.7. The molecule has 0 aliphatic heterocycles. The molecule has 0 aromatic rings. The number of allylic oxidation sites excluding steroid dienone is 1. The van der Waals surface area contributed by atoms with Crippen molar-refractivity contribution < 1.29 is 4.39 Å². The zero-order chi connectivity index (χ0) is 17.7. The van der Waals surface area contributed by atoms with Crippen LogP contribution in [0.25, 0.3) is 0 Å². The average Bonchev–Trinajstić information content (AvgIpc) is 2.46. The van der Waals surface area contributed by atoms with Crippen molar-refractivity contribution in [2.24, 2.45) is 16.8 Å². The number of halogens is 1. The van der Waals surface area contributed by atoms with Crippen LogP contribution < -0.4 is 5.32 Å². The summed E-state index contributed by atoms with van der Waals surface area (Å²) in [6, 6.07) is 0. The SMILES string of the molecule is C=C=CNC1(C(C)CC(=C)C(=NC)C(C)C)CCC(C)(F)CC1. The van der Waals surface area contributed by atoms with E-state index >= 15 is 0 Å². The molecular weight excluding hydrogens is 287 g/mol. The van der Waals surface area contributed by atoms with Gasteiger partial charge in [0.2, 0.25) is 0 Å². The van der Waals surface area contributed by atoms with Crippen LogP contribution in [0, 0.1) is 11.8 Å². The van der Waals surface area contributed by atoms with E-state index in [0.717, 1.165) is 30.5 Å². The molecule has 0 aromatic carbocycles. The first kappa shape index (κ1) is 19.7. The van der Waals surface area contributed by atoms with Crippen LogP contribution in [0.15, 0.2) is 35.7 Å². The molecule has 2 nitrogen and oxygen atoms in total. The molecular formula is C20H33FN2. The van der Waals surface area contributed by atoms with Crippen LogP contribution in [0.1, 0.15) is 59.8 Å². The van der Waals surface area contributed by atoms with Crippen LogP contribution >= 0.6 is 0 Å². The van der Waals surface area contributed by atoms with E-state index < -0.39 is 5.67 Å². The number of nitrogens with zero attached hydrogens (tertiary/aromatic N) is 1. The second-order valence-corrected chi connectivity index (χ2v) is 7.53. The van der Waals surface area contributed by atoms with Crippen LogP contribution in [0.3, 0.4) is 0 Å². The third-order valence-electron chi connectivity index (χ3n) is 5.29. The van der Waals surface area contributed by atoms with Gasteiger partial charge in [0.05, 0.1) is 0 Å². The smallest absolute Gasteiger partial charge is 0.108 e. The van der Waals surface area contributed by atoms with Gasteiger partial charge in [-0.2, -0.15) is 0 Å². The highest BCUT2D eigenvalue weighted by atomic mass is 19.1. The first-order valence-electron chi connectivity index (χ1n) is 8.63. The van der Waals surface area contributed by atoms with Gasteiger partial charge in [-0.15, -0.1) is 5.73 Å². The summed E-state index contributed by atoms with van der Waals surface area (Å²) in [5.41, 5.74) is 3.80. The molecule has 1 rings (SSSR count). The number of rotatable bonds is 7. The molecule has 1 aliphatic rings. The Morgan fingerprint density at radius 1 is 1.30 bits per heavy atom. The number of nitrogens with one attached hydrogen (secondary N) is 1. The van der Waals surface area contributed by atoms with Crippen LogP contribution in [0.5, 0.6) is 0 Å². The molecule has 130 valence electrons. The largest absolute Gasteiger partial charge is 0.379 e. The van der Waals surface area contributed by atoms with Crippen molar-refractivity contribution in [3.05, 3.63) is 30.7 Å². The van der Waals surface area contributed by atoms with Gasteiger partial charge in [-0.25, -0.2) is 4.39 Å². The van der Waals surface area contributed by atoms with Gasteiger partial charge in [0.15, 0.2) is 0 Å². The van der Waals surface area contributed by atoms with Crippen molar-refractivity contribution in [3.63, 3.8) is 0 Å². The highest BCUT2D eigenvalue weighted by Gasteiger charge is 2.43. The summed E-state index contributed by atoms with van der Waals surface area (Å²) >= 11 is 0. The van der Waals surface area contributed by atoms with Crippen molar-refractivity contribution in [2.75, 3.05) is 7.05 Å². The fourth-order valence-electron chi connectivity index (χ4n) is 3.69. The first-order valence-corrected chi connectivity index (χ1v) is 8.63. The van der Waals surface area contributed by atoms with Gasteiger partial charge >= 0.3 is 0 Å². The lowest BCUT2D eigenvalue weighted by Crippen LogP contribution is -2.52. The summed E-state index contributed by atoms with van der Waals surface area (Å²) in [6.07, 6.45) is 5.43. The van der Waals surface area contributed by atoms with E-state index in [1.165, 1.54) is 0 Å². The molecule has 1 fully saturated rings. The topological polar surface area (TPSA) is 24.4 Å². The summed E-state index contributed by atoms with van der Waals surface area (Å²) in [4.78, 5) is 4.40. The maximum absolute atomic E-state index is 14.2. The molecule has 23 heavy (non-hydrogen) atoms. The van der Waals surface area contributed by atoms with Crippen LogP contribution in [0.2, 0.25) is 0 Å². The number of alkyl halides is 1. The van der Waals surface area contributed by atoms with Crippen molar-refractivity contribution in [2.45, 2.75) is 71.0 Å². The zero-order valence-electron chi connectivity index (χ0n) is 15.5.